The number of rotatable bonds is 6. The minimum atomic E-state index is -3.88. The van der Waals surface area contributed by atoms with E-state index < -0.39 is 16.1 Å². The lowest BCUT2D eigenvalue weighted by Gasteiger charge is -2.20. The highest BCUT2D eigenvalue weighted by Crippen LogP contribution is 2.28. The molecule has 30 heavy (non-hydrogen) atoms. The summed E-state index contributed by atoms with van der Waals surface area (Å²) in [5.41, 5.74) is 2.34. The number of nitrogens with zero attached hydrogens (tertiary/aromatic N) is 3. The molecular formula is C22H22N4O3S. The van der Waals surface area contributed by atoms with Crippen molar-refractivity contribution >= 4 is 20.9 Å². The first-order valence-corrected chi connectivity index (χ1v) is 10.9. The Bertz CT molecular complexity index is 1300. The topological polar surface area (TPSA) is 86.1 Å². The van der Waals surface area contributed by atoms with Crippen molar-refractivity contribution in [2.45, 2.75) is 17.9 Å². The zero-order valence-electron chi connectivity index (χ0n) is 16.9. The Morgan fingerprint density at radius 1 is 1.03 bits per heavy atom. The predicted octanol–water partition coefficient (Wildman–Crippen LogP) is 3.35. The molecule has 8 heteroatoms. The molecule has 0 radical (unpaired) electrons. The monoisotopic (exact) mass is 422 g/mol. The minimum Gasteiger partial charge on any atom is -0.497 e. The molecule has 0 saturated heterocycles. The number of methoxy groups -OCH3 is 1. The maximum atomic E-state index is 13.5. The Morgan fingerprint density at radius 3 is 2.47 bits per heavy atom. The van der Waals surface area contributed by atoms with E-state index >= 15 is 0 Å². The molecule has 2 aromatic heterocycles. The van der Waals surface area contributed by atoms with E-state index in [2.05, 4.69) is 14.7 Å². The number of fused-ring (bicyclic) bond motifs is 1. The molecule has 1 N–H and O–H groups in total. The highest BCUT2D eigenvalue weighted by atomic mass is 32.2. The number of hydrogen-bond donors (Lipinski definition) is 1. The molecule has 0 fully saturated rings. The first-order chi connectivity index (χ1) is 14.4. The third-order valence-electron chi connectivity index (χ3n) is 5.06. The van der Waals surface area contributed by atoms with Crippen LogP contribution in [0.3, 0.4) is 0 Å². The second kappa shape index (κ2) is 7.89. The lowest BCUT2D eigenvalue weighted by molar-refractivity contribution is 0.414. The molecule has 0 bridgehead atoms. The Hall–Kier alpha value is -3.23. The van der Waals surface area contributed by atoms with Crippen LogP contribution in [0.4, 0.5) is 0 Å². The highest BCUT2D eigenvalue weighted by molar-refractivity contribution is 7.89. The van der Waals surface area contributed by atoms with Gasteiger partial charge in [0.1, 0.15) is 17.6 Å². The number of aryl methyl sites for hydroxylation is 2. The third kappa shape index (κ3) is 3.67. The van der Waals surface area contributed by atoms with Crippen LogP contribution in [0.5, 0.6) is 5.75 Å². The van der Waals surface area contributed by atoms with E-state index in [9.17, 15) is 8.42 Å². The third-order valence-corrected chi connectivity index (χ3v) is 6.54. The van der Waals surface area contributed by atoms with Gasteiger partial charge in [0.25, 0.3) is 0 Å². The number of aromatic nitrogens is 3. The van der Waals surface area contributed by atoms with Crippen LogP contribution >= 0.6 is 0 Å². The van der Waals surface area contributed by atoms with Crippen LogP contribution in [0, 0.1) is 6.92 Å². The smallest absolute Gasteiger partial charge is 0.242 e. The van der Waals surface area contributed by atoms with Crippen molar-refractivity contribution in [2.24, 2.45) is 7.05 Å². The summed E-state index contributed by atoms with van der Waals surface area (Å²) >= 11 is 0. The molecule has 0 aliphatic carbocycles. The Morgan fingerprint density at radius 2 is 1.80 bits per heavy atom. The Balaban J connectivity index is 1.81. The van der Waals surface area contributed by atoms with Gasteiger partial charge in [0, 0.05) is 31.0 Å². The number of hydrogen-bond acceptors (Lipinski definition) is 5. The average Bonchev–Trinajstić information content (AvgIpc) is 3.18. The summed E-state index contributed by atoms with van der Waals surface area (Å²) in [7, 11) is -0.465. The van der Waals surface area contributed by atoms with Gasteiger partial charge in [-0.25, -0.2) is 13.4 Å². The van der Waals surface area contributed by atoms with E-state index in [4.69, 9.17) is 4.74 Å². The Labute approximate surface area is 175 Å². The van der Waals surface area contributed by atoms with E-state index in [1.165, 1.54) is 0 Å². The highest BCUT2D eigenvalue weighted by Gasteiger charge is 2.27. The summed E-state index contributed by atoms with van der Waals surface area (Å²) in [4.78, 5) is 8.92. The van der Waals surface area contributed by atoms with E-state index in [1.807, 2.05) is 26.1 Å². The number of sulfonamides is 1. The van der Waals surface area contributed by atoms with Crippen LogP contribution in [-0.4, -0.2) is 30.1 Å². The number of imidazole rings is 1. The van der Waals surface area contributed by atoms with Gasteiger partial charge in [-0.2, -0.15) is 4.72 Å². The summed E-state index contributed by atoms with van der Waals surface area (Å²) in [6.07, 6.45) is 5.09. The van der Waals surface area contributed by atoms with Crippen molar-refractivity contribution in [3.8, 4) is 5.75 Å². The summed E-state index contributed by atoms with van der Waals surface area (Å²) in [5, 5.41) is 0.582. The molecule has 0 aliphatic rings. The van der Waals surface area contributed by atoms with Crippen LogP contribution in [0.1, 0.15) is 23.0 Å². The van der Waals surface area contributed by atoms with Gasteiger partial charge in [-0.05, 0) is 48.4 Å². The van der Waals surface area contributed by atoms with Gasteiger partial charge in [0.05, 0.1) is 17.5 Å². The normalized spacial score (nSPS) is 12.8. The van der Waals surface area contributed by atoms with Gasteiger partial charge in [-0.15, -0.1) is 0 Å². The Kier molecular flexibility index (Phi) is 5.27. The second-order valence-corrected chi connectivity index (χ2v) is 8.69. The fourth-order valence-corrected chi connectivity index (χ4v) is 4.84. The largest absolute Gasteiger partial charge is 0.497 e. The molecule has 0 amide bonds. The van der Waals surface area contributed by atoms with Gasteiger partial charge in [-0.3, -0.25) is 4.98 Å². The van der Waals surface area contributed by atoms with E-state index in [0.29, 0.717) is 22.5 Å². The maximum absolute atomic E-state index is 13.5. The molecule has 2 aromatic carbocycles. The minimum absolute atomic E-state index is 0.184. The van der Waals surface area contributed by atoms with Crippen molar-refractivity contribution in [3.63, 3.8) is 0 Å². The lowest BCUT2D eigenvalue weighted by atomic mass is 10.1. The molecule has 2 heterocycles. The van der Waals surface area contributed by atoms with Gasteiger partial charge in [0.15, 0.2) is 0 Å². The van der Waals surface area contributed by atoms with Crippen LogP contribution in [0.25, 0.3) is 10.9 Å². The molecule has 1 unspecified atom stereocenters. The van der Waals surface area contributed by atoms with Crippen molar-refractivity contribution in [3.05, 3.63) is 84.1 Å². The van der Waals surface area contributed by atoms with Crippen molar-refractivity contribution in [2.75, 3.05) is 7.11 Å². The summed E-state index contributed by atoms with van der Waals surface area (Å²) in [6, 6.07) is 13.5. The molecular weight excluding hydrogens is 400 g/mol. The van der Waals surface area contributed by atoms with Gasteiger partial charge in [0.2, 0.25) is 10.0 Å². The SMILES string of the molecule is COc1ccc(C(NS(=O)(=O)c2ccc(C)c3ncccc23)c2nccn2C)cc1. The number of ether oxygens (including phenoxy) is 1. The van der Waals surface area contributed by atoms with Gasteiger partial charge < -0.3 is 9.30 Å². The second-order valence-electron chi connectivity index (χ2n) is 7.00. The molecule has 4 rings (SSSR count). The standard InChI is InChI=1S/C22H22N4O3S/c1-15-6-11-19(18-5-4-12-23-20(15)18)30(27,28)25-21(22-24-13-14-26(22)2)16-7-9-17(29-3)10-8-16/h4-14,21,25H,1-3H3. The van der Waals surface area contributed by atoms with E-state index in [-0.39, 0.29) is 4.90 Å². The number of nitrogens with one attached hydrogen (secondary N) is 1. The van der Waals surface area contributed by atoms with E-state index in [0.717, 1.165) is 11.1 Å². The van der Waals surface area contributed by atoms with Crippen molar-refractivity contribution < 1.29 is 13.2 Å². The molecule has 1 atom stereocenters. The van der Waals surface area contributed by atoms with Gasteiger partial charge >= 0.3 is 0 Å². The quantitative estimate of drug-likeness (QED) is 0.515. The number of pyridine rings is 1. The first kappa shape index (κ1) is 20.1. The van der Waals surface area contributed by atoms with Gasteiger partial charge in [-0.1, -0.05) is 18.2 Å². The lowest BCUT2D eigenvalue weighted by Crippen LogP contribution is -2.31. The zero-order valence-corrected chi connectivity index (χ0v) is 17.7. The fourth-order valence-electron chi connectivity index (χ4n) is 3.46. The molecule has 0 aliphatic heterocycles. The molecule has 7 nitrogen and oxygen atoms in total. The van der Waals surface area contributed by atoms with Crippen LogP contribution < -0.4 is 9.46 Å². The maximum Gasteiger partial charge on any atom is 0.242 e. The zero-order chi connectivity index (χ0) is 21.3. The molecule has 154 valence electrons. The average molecular weight is 423 g/mol. The first-order valence-electron chi connectivity index (χ1n) is 9.38. The number of benzene rings is 2. The fraction of sp³-hybridized carbons (Fsp3) is 0.182. The molecule has 0 saturated carbocycles. The summed E-state index contributed by atoms with van der Waals surface area (Å²) < 4.78 is 36.8. The van der Waals surface area contributed by atoms with Crippen LogP contribution in [0.2, 0.25) is 0 Å². The van der Waals surface area contributed by atoms with Crippen molar-refractivity contribution in [1.29, 1.82) is 0 Å². The van der Waals surface area contributed by atoms with E-state index in [1.54, 1.807) is 66.7 Å². The van der Waals surface area contributed by atoms with Crippen molar-refractivity contribution in [1.82, 2.24) is 19.3 Å². The predicted molar refractivity (Wildman–Crippen MR) is 115 cm³/mol. The summed E-state index contributed by atoms with van der Waals surface area (Å²) in [5.74, 6) is 1.27. The van der Waals surface area contributed by atoms with Crippen LogP contribution in [-0.2, 0) is 17.1 Å². The summed E-state index contributed by atoms with van der Waals surface area (Å²) in [6.45, 7) is 1.91. The van der Waals surface area contributed by atoms with Crippen LogP contribution in [0.15, 0.2) is 72.0 Å². The molecule has 0 spiro atoms. The molecule has 4 aromatic rings.